The summed E-state index contributed by atoms with van der Waals surface area (Å²) in [5, 5.41) is 0. The summed E-state index contributed by atoms with van der Waals surface area (Å²) in [7, 11) is 0. The maximum Gasteiger partial charge on any atom is -0.0152 e. The summed E-state index contributed by atoms with van der Waals surface area (Å²) < 4.78 is 0. The van der Waals surface area contributed by atoms with Gasteiger partial charge in [0.05, 0.1) is 0 Å². The molecule has 0 saturated heterocycles. The van der Waals surface area contributed by atoms with Crippen LogP contribution in [0.3, 0.4) is 0 Å². The van der Waals surface area contributed by atoms with E-state index in [1.165, 1.54) is 87.3 Å². The highest BCUT2D eigenvalue weighted by atomic mass is 14.1. The maximum atomic E-state index is 2.30. The fraction of sp³-hybridized carbons (Fsp3) is 0.500. The second-order valence-electron chi connectivity index (χ2n) is 6.96. The van der Waals surface area contributed by atoms with Gasteiger partial charge in [-0.25, -0.2) is 0 Å². The minimum Gasteiger partial charge on any atom is -0.0654 e. The van der Waals surface area contributed by atoms with E-state index in [2.05, 4.69) is 61.5 Å². The summed E-state index contributed by atoms with van der Waals surface area (Å²) in [5.74, 6) is 0. The average Bonchev–Trinajstić information content (AvgIpc) is 2.64. The van der Waals surface area contributed by atoms with Gasteiger partial charge in [-0.1, -0.05) is 119 Å². The lowest BCUT2D eigenvalue weighted by atomic mass is 9.95. The minimum absolute atomic E-state index is 1.21. The van der Waals surface area contributed by atoms with Crippen molar-refractivity contribution >= 4 is 0 Å². The lowest BCUT2D eigenvalue weighted by Crippen LogP contribution is -1.91. The molecule has 0 saturated carbocycles. The molecule has 0 spiro atoms. The summed E-state index contributed by atoms with van der Waals surface area (Å²) in [5.41, 5.74) is 4.26. The van der Waals surface area contributed by atoms with E-state index in [1.54, 1.807) is 0 Å². The number of unbranched alkanes of at least 4 members (excludes halogenated alkanes) is 9. The Balaban J connectivity index is 1.65. The van der Waals surface area contributed by atoms with Crippen molar-refractivity contribution in [3.8, 4) is 11.1 Å². The van der Waals surface area contributed by atoms with E-state index >= 15 is 0 Å². The second-order valence-corrected chi connectivity index (χ2v) is 6.96. The monoisotopic (exact) mass is 322 g/mol. The molecule has 0 radical (unpaired) electrons. The minimum atomic E-state index is 1.21. The van der Waals surface area contributed by atoms with Crippen molar-refractivity contribution in [2.24, 2.45) is 0 Å². The van der Waals surface area contributed by atoms with E-state index in [9.17, 15) is 0 Å². The Morgan fingerprint density at radius 2 is 1.08 bits per heavy atom. The van der Waals surface area contributed by atoms with Crippen molar-refractivity contribution < 1.29 is 0 Å². The summed E-state index contributed by atoms with van der Waals surface area (Å²) in [6, 6.07) is 19.7. The van der Waals surface area contributed by atoms with Crippen molar-refractivity contribution in [3.63, 3.8) is 0 Å². The summed E-state index contributed by atoms with van der Waals surface area (Å²) in [6.45, 7) is 2.29. The van der Waals surface area contributed by atoms with E-state index in [4.69, 9.17) is 0 Å². The van der Waals surface area contributed by atoms with Crippen LogP contribution in [0.5, 0.6) is 0 Å². The summed E-state index contributed by atoms with van der Waals surface area (Å²) in [4.78, 5) is 0. The van der Waals surface area contributed by atoms with Crippen LogP contribution in [-0.2, 0) is 6.42 Å². The van der Waals surface area contributed by atoms with Gasteiger partial charge in [0.1, 0.15) is 0 Å². The van der Waals surface area contributed by atoms with Gasteiger partial charge in [-0.05, 0) is 29.5 Å². The second kappa shape index (κ2) is 11.9. The molecule has 0 aliphatic heterocycles. The van der Waals surface area contributed by atoms with Crippen molar-refractivity contribution in [1.29, 1.82) is 0 Å². The first-order valence-corrected chi connectivity index (χ1v) is 10.0. The first-order chi connectivity index (χ1) is 11.9. The molecule has 2 rings (SSSR count). The van der Waals surface area contributed by atoms with Crippen LogP contribution in [0.2, 0.25) is 0 Å². The third-order valence-corrected chi connectivity index (χ3v) is 4.90. The number of benzene rings is 2. The van der Waals surface area contributed by atoms with Gasteiger partial charge in [0.25, 0.3) is 0 Å². The summed E-state index contributed by atoms with van der Waals surface area (Å²) in [6.07, 6.45) is 15.3. The van der Waals surface area contributed by atoms with E-state index in [-0.39, 0.29) is 0 Å². The standard InChI is InChI=1S/C24H34/c1-2-3-4-5-6-7-8-9-10-12-17-23-20-15-16-21-24(23)22-18-13-11-14-19-22/h11,13-16,18-21H,2-10,12,17H2,1H3. The number of rotatable bonds is 12. The van der Waals surface area contributed by atoms with Gasteiger partial charge < -0.3 is 0 Å². The van der Waals surface area contributed by atoms with E-state index < -0.39 is 0 Å². The summed E-state index contributed by atoms with van der Waals surface area (Å²) >= 11 is 0. The largest absolute Gasteiger partial charge is 0.0654 e. The van der Waals surface area contributed by atoms with E-state index in [0.29, 0.717) is 0 Å². The molecule has 24 heavy (non-hydrogen) atoms. The number of hydrogen-bond donors (Lipinski definition) is 0. The molecule has 0 aliphatic rings. The molecule has 0 N–H and O–H groups in total. The fourth-order valence-electron chi connectivity index (χ4n) is 3.44. The van der Waals surface area contributed by atoms with Crippen LogP contribution >= 0.6 is 0 Å². The molecule has 2 aromatic carbocycles. The molecular formula is C24H34. The van der Waals surface area contributed by atoms with Crippen LogP contribution < -0.4 is 0 Å². The zero-order valence-corrected chi connectivity index (χ0v) is 15.5. The van der Waals surface area contributed by atoms with Crippen molar-refractivity contribution in [3.05, 3.63) is 60.2 Å². The van der Waals surface area contributed by atoms with E-state index in [1.807, 2.05) is 0 Å². The molecule has 0 heterocycles. The van der Waals surface area contributed by atoms with Gasteiger partial charge >= 0.3 is 0 Å². The van der Waals surface area contributed by atoms with Gasteiger partial charge in [-0.15, -0.1) is 0 Å². The quantitative estimate of drug-likeness (QED) is 0.349. The molecule has 0 bridgehead atoms. The number of aryl methyl sites for hydroxylation is 1. The first kappa shape index (κ1) is 18.8. The molecule has 0 aliphatic carbocycles. The van der Waals surface area contributed by atoms with Crippen molar-refractivity contribution in [2.75, 3.05) is 0 Å². The molecule has 0 fully saturated rings. The third kappa shape index (κ3) is 6.91. The topological polar surface area (TPSA) is 0 Å². The molecule has 2 aromatic rings. The van der Waals surface area contributed by atoms with Crippen LogP contribution in [0.25, 0.3) is 11.1 Å². The smallest absolute Gasteiger partial charge is 0.0152 e. The molecular weight excluding hydrogens is 288 g/mol. The SMILES string of the molecule is CCCCCCCCCCCCc1ccccc1-c1ccccc1. The molecule has 0 amide bonds. The molecule has 130 valence electrons. The van der Waals surface area contributed by atoms with Gasteiger partial charge in [0.2, 0.25) is 0 Å². The highest BCUT2D eigenvalue weighted by Crippen LogP contribution is 2.25. The third-order valence-electron chi connectivity index (χ3n) is 4.90. The average molecular weight is 323 g/mol. The first-order valence-electron chi connectivity index (χ1n) is 10.0. The van der Waals surface area contributed by atoms with Gasteiger partial charge in [-0.2, -0.15) is 0 Å². The lowest BCUT2D eigenvalue weighted by Gasteiger charge is -2.09. The van der Waals surface area contributed by atoms with Gasteiger partial charge in [0, 0.05) is 0 Å². The molecule has 0 nitrogen and oxygen atoms in total. The predicted octanol–water partition coefficient (Wildman–Crippen LogP) is 7.82. The Morgan fingerprint density at radius 1 is 0.542 bits per heavy atom. The Labute approximate surface area is 149 Å². The fourth-order valence-corrected chi connectivity index (χ4v) is 3.44. The van der Waals surface area contributed by atoms with Gasteiger partial charge in [-0.3, -0.25) is 0 Å². The predicted molar refractivity (Wildman–Crippen MR) is 107 cm³/mol. The Hall–Kier alpha value is -1.56. The molecule has 0 aromatic heterocycles. The zero-order chi connectivity index (χ0) is 16.9. The highest BCUT2D eigenvalue weighted by Gasteiger charge is 2.03. The van der Waals surface area contributed by atoms with Crippen LogP contribution in [-0.4, -0.2) is 0 Å². The van der Waals surface area contributed by atoms with Crippen LogP contribution in [0.1, 0.15) is 76.7 Å². The Bertz CT molecular complexity index is 541. The highest BCUT2D eigenvalue weighted by molar-refractivity contribution is 5.67. The van der Waals surface area contributed by atoms with Crippen LogP contribution in [0.4, 0.5) is 0 Å². The molecule has 0 atom stereocenters. The lowest BCUT2D eigenvalue weighted by molar-refractivity contribution is 0.556. The van der Waals surface area contributed by atoms with Crippen LogP contribution in [0.15, 0.2) is 54.6 Å². The number of hydrogen-bond acceptors (Lipinski definition) is 0. The zero-order valence-electron chi connectivity index (χ0n) is 15.5. The van der Waals surface area contributed by atoms with Crippen molar-refractivity contribution in [2.45, 2.75) is 77.6 Å². The molecule has 0 unspecified atom stereocenters. The van der Waals surface area contributed by atoms with Crippen LogP contribution in [0, 0.1) is 0 Å². The maximum absolute atomic E-state index is 2.30. The Morgan fingerprint density at radius 3 is 1.75 bits per heavy atom. The van der Waals surface area contributed by atoms with Gasteiger partial charge in [0.15, 0.2) is 0 Å². The normalized spacial score (nSPS) is 10.9. The van der Waals surface area contributed by atoms with Crippen molar-refractivity contribution in [1.82, 2.24) is 0 Å². The molecule has 0 heteroatoms. The Kier molecular flexibility index (Phi) is 9.31. The van der Waals surface area contributed by atoms with E-state index in [0.717, 1.165) is 0 Å².